The van der Waals surface area contributed by atoms with Crippen molar-refractivity contribution in [1.29, 1.82) is 0 Å². The van der Waals surface area contributed by atoms with Crippen molar-refractivity contribution in [2.45, 2.75) is 44.9 Å². The highest BCUT2D eigenvalue weighted by Gasteiger charge is 2.20. The van der Waals surface area contributed by atoms with Crippen molar-refractivity contribution in [2.75, 3.05) is 19.0 Å². The van der Waals surface area contributed by atoms with E-state index in [0.29, 0.717) is 12.6 Å². The lowest BCUT2D eigenvalue weighted by molar-refractivity contribution is 0.0157. The minimum absolute atomic E-state index is 0.150. The van der Waals surface area contributed by atoms with Crippen LogP contribution in [-0.4, -0.2) is 31.8 Å². The Morgan fingerprint density at radius 2 is 2.05 bits per heavy atom. The standard InChI is InChI=1S/C16H25N3O2/c1-11-10-15(8-9-21-11)19-16(20)18-14-6-4-13(5-7-14)12(2)17-3/h4-7,11-12,15,17H,8-10H2,1-3H3,(H2,18,19,20). The van der Waals surface area contributed by atoms with Gasteiger partial charge in [0.1, 0.15) is 0 Å². The molecular weight excluding hydrogens is 266 g/mol. The molecule has 1 aliphatic heterocycles. The molecule has 2 amide bonds. The van der Waals surface area contributed by atoms with Gasteiger partial charge in [-0.25, -0.2) is 4.79 Å². The van der Waals surface area contributed by atoms with Crippen LogP contribution >= 0.6 is 0 Å². The Morgan fingerprint density at radius 3 is 2.67 bits per heavy atom. The Morgan fingerprint density at radius 1 is 1.33 bits per heavy atom. The van der Waals surface area contributed by atoms with Crippen molar-refractivity contribution in [1.82, 2.24) is 10.6 Å². The van der Waals surface area contributed by atoms with Crippen LogP contribution in [0.3, 0.4) is 0 Å². The van der Waals surface area contributed by atoms with Crippen LogP contribution in [0.25, 0.3) is 0 Å². The van der Waals surface area contributed by atoms with Crippen molar-refractivity contribution in [2.24, 2.45) is 0 Å². The average Bonchev–Trinajstić information content (AvgIpc) is 2.47. The van der Waals surface area contributed by atoms with Crippen LogP contribution in [-0.2, 0) is 4.74 Å². The molecule has 1 fully saturated rings. The smallest absolute Gasteiger partial charge is 0.319 e. The molecule has 21 heavy (non-hydrogen) atoms. The summed E-state index contributed by atoms with van der Waals surface area (Å²) in [6, 6.07) is 8.24. The summed E-state index contributed by atoms with van der Waals surface area (Å²) < 4.78 is 5.48. The molecule has 5 heteroatoms. The molecule has 116 valence electrons. The minimum Gasteiger partial charge on any atom is -0.378 e. The Balaban J connectivity index is 1.84. The number of rotatable bonds is 4. The van der Waals surface area contributed by atoms with Gasteiger partial charge in [-0.1, -0.05) is 12.1 Å². The van der Waals surface area contributed by atoms with E-state index < -0.39 is 0 Å². The SMILES string of the molecule is CNC(C)c1ccc(NC(=O)NC2CCOC(C)C2)cc1. The molecule has 0 saturated carbocycles. The first-order valence-electron chi connectivity index (χ1n) is 7.55. The number of ether oxygens (including phenoxy) is 1. The predicted octanol–water partition coefficient (Wildman–Crippen LogP) is 2.66. The average molecular weight is 291 g/mol. The maximum Gasteiger partial charge on any atom is 0.319 e. The van der Waals surface area contributed by atoms with E-state index in [9.17, 15) is 4.79 Å². The van der Waals surface area contributed by atoms with Gasteiger partial charge in [-0.2, -0.15) is 0 Å². The van der Waals surface area contributed by atoms with Gasteiger partial charge in [0.05, 0.1) is 6.10 Å². The number of amides is 2. The third kappa shape index (κ3) is 4.72. The maximum absolute atomic E-state index is 12.0. The van der Waals surface area contributed by atoms with Crippen LogP contribution < -0.4 is 16.0 Å². The molecule has 1 aromatic carbocycles. The molecule has 1 heterocycles. The molecule has 1 saturated heterocycles. The Bertz CT molecular complexity index is 461. The summed E-state index contributed by atoms with van der Waals surface area (Å²) in [7, 11) is 1.93. The van der Waals surface area contributed by atoms with E-state index >= 15 is 0 Å². The molecule has 3 atom stereocenters. The van der Waals surface area contributed by atoms with Crippen molar-refractivity contribution < 1.29 is 9.53 Å². The Labute approximate surface area is 126 Å². The van der Waals surface area contributed by atoms with E-state index in [1.54, 1.807) is 0 Å². The summed E-state index contributed by atoms with van der Waals surface area (Å²) >= 11 is 0. The zero-order valence-electron chi connectivity index (χ0n) is 13.0. The number of benzene rings is 1. The quantitative estimate of drug-likeness (QED) is 0.799. The Hall–Kier alpha value is -1.59. The lowest BCUT2D eigenvalue weighted by Crippen LogP contribution is -2.43. The molecule has 0 aromatic heterocycles. The second-order valence-corrected chi connectivity index (χ2v) is 5.63. The second kappa shape index (κ2) is 7.43. The van der Waals surface area contributed by atoms with E-state index in [4.69, 9.17) is 4.74 Å². The molecule has 2 rings (SSSR count). The first kappa shape index (κ1) is 15.8. The van der Waals surface area contributed by atoms with Crippen molar-refractivity contribution >= 4 is 11.7 Å². The van der Waals surface area contributed by atoms with E-state index in [0.717, 1.165) is 18.5 Å². The molecule has 3 N–H and O–H groups in total. The van der Waals surface area contributed by atoms with Gasteiger partial charge < -0.3 is 20.7 Å². The first-order chi connectivity index (χ1) is 10.1. The van der Waals surface area contributed by atoms with Gasteiger partial charge in [-0.3, -0.25) is 0 Å². The number of hydrogen-bond acceptors (Lipinski definition) is 3. The number of anilines is 1. The Kier molecular flexibility index (Phi) is 5.59. The largest absolute Gasteiger partial charge is 0.378 e. The van der Waals surface area contributed by atoms with Gasteiger partial charge in [0.25, 0.3) is 0 Å². The van der Waals surface area contributed by atoms with Crippen LogP contribution in [0, 0.1) is 0 Å². The van der Waals surface area contributed by atoms with E-state index in [1.807, 2.05) is 38.2 Å². The monoisotopic (exact) mass is 291 g/mol. The second-order valence-electron chi connectivity index (χ2n) is 5.63. The van der Waals surface area contributed by atoms with Crippen molar-refractivity contribution in [3.8, 4) is 0 Å². The van der Waals surface area contributed by atoms with Gasteiger partial charge in [0.2, 0.25) is 0 Å². The topological polar surface area (TPSA) is 62.4 Å². The maximum atomic E-state index is 12.0. The number of hydrogen-bond donors (Lipinski definition) is 3. The highest BCUT2D eigenvalue weighted by Crippen LogP contribution is 2.16. The van der Waals surface area contributed by atoms with Crippen LogP contribution in [0.2, 0.25) is 0 Å². The van der Waals surface area contributed by atoms with Gasteiger partial charge in [0.15, 0.2) is 0 Å². The molecule has 5 nitrogen and oxygen atoms in total. The summed E-state index contributed by atoms with van der Waals surface area (Å²) in [4.78, 5) is 12.0. The first-order valence-corrected chi connectivity index (χ1v) is 7.55. The van der Waals surface area contributed by atoms with Gasteiger partial charge >= 0.3 is 6.03 Å². The molecule has 0 spiro atoms. The van der Waals surface area contributed by atoms with E-state index in [1.165, 1.54) is 5.56 Å². The molecule has 1 aliphatic rings. The summed E-state index contributed by atoms with van der Waals surface area (Å²) in [5.41, 5.74) is 2.00. The van der Waals surface area contributed by atoms with Crippen LogP contribution in [0.5, 0.6) is 0 Å². The van der Waals surface area contributed by atoms with E-state index in [2.05, 4.69) is 22.9 Å². The van der Waals surface area contributed by atoms with Crippen molar-refractivity contribution in [3.05, 3.63) is 29.8 Å². The van der Waals surface area contributed by atoms with Crippen LogP contribution in [0.1, 0.15) is 38.3 Å². The number of nitrogens with one attached hydrogen (secondary N) is 3. The zero-order chi connectivity index (χ0) is 15.2. The number of carbonyl (C=O) groups excluding carboxylic acids is 1. The van der Waals surface area contributed by atoms with Crippen LogP contribution in [0.15, 0.2) is 24.3 Å². The number of urea groups is 1. The molecule has 3 unspecified atom stereocenters. The third-order valence-electron chi connectivity index (χ3n) is 3.92. The summed E-state index contributed by atoms with van der Waals surface area (Å²) in [6.45, 7) is 4.84. The molecule has 0 radical (unpaired) electrons. The lowest BCUT2D eigenvalue weighted by atomic mass is 10.0. The normalized spacial score (nSPS) is 23.4. The molecule has 1 aromatic rings. The van der Waals surface area contributed by atoms with Gasteiger partial charge in [-0.05, 0) is 51.4 Å². The highest BCUT2D eigenvalue weighted by atomic mass is 16.5. The fourth-order valence-electron chi connectivity index (χ4n) is 2.50. The summed E-state index contributed by atoms with van der Waals surface area (Å²) in [5.74, 6) is 0. The zero-order valence-corrected chi connectivity index (χ0v) is 13.0. The van der Waals surface area contributed by atoms with Crippen LogP contribution in [0.4, 0.5) is 10.5 Å². The third-order valence-corrected chi connectivity index (χ3v) is 3.92. The fourth-order valence-corrected chi connectivity index (χ4v) is 2.50. The number of carbonyl (C=O) groups is 1. The van der Waals surface area contributed by atoms with Gasteiger partial charge in [0, 0.05) is 24.4 Å². The van der Waals surface area contributed by atoms with Crippen molar-refractivity contribution in [3.63, 3.8) is 0 Å². The molecular formula is C16H25N3O2. The lowest BCUT2D eigenvalue weighted by Gasteiger charge is -2.27. The molecule has 0 bridgehead atoms. The summed E-state index contributed by atoms with van der Waals surface area (Å²) in [5, 5.41) is 9.07. The fraction of sp³-hybridized carbons (Fsp3) is 0.562. The highest BCUT2D eigenvalue weighted by molar-refractivity contribution is 5.89. The molecule has 0 aliphatic carbocycles. The summed E-state index contributed by atoms with van der Waals surface area (Å²) in [6.07, 6.45) is 1.95. The minimum atomic E-state index is -0.150. The van der Waals surface area contributed by atoms with E-state index in [-0.39, 0.29) is 18.2 Å². The predicted molar refractivity (Wildman–Crippen MR) is 84.5 cm³/mol. The van der Waals surface area contributed by atoms with Gasteiger partial charge in [-0.15, -0.1) is 0 Å².